The Morgan fingerprint density at radius 2 is 2.10 bits per heavy atom. The monoisotopic (exact) mass is 150 g/mol. The van der Waals surface area contributed by atoms with Crippen molar-refractivity contribution < 1.29 is 13.9 Å². The van der Waals surface area contributed by atoms with Gasteiger partial charge in [0.25, 0.3) is 6.43 Å². The Morgan fingerprint density at radius 3 is 2.40 bits per heavy atom. The maximum absolute atomic E-state index is 12.0. The van der Waals surface area contributed by atoms with E-state index in [9.17, 15) is 8.78 Å². The van der Waals surface area contributed by atoms with Gasteiger partial charge in [0.15, 0.2) is 0 Å². The molecule has 10 heavy (non-hydrogen) atoms. The van der Waals surface area contributed by atoms with E-state index in [1.807, 2.05) is 0 Å². The molecule has 1 atom stereocenters. The number of hydrogen-bond donors (Lipinski definition) is 1. The molecule has 0 spiro atoms. The van der Waals surface area contributed by atoms with Crippen molar-refractivity contribution >= 4 is 0 Å². The molecule has 0 bridgehead atoms. The summed E-state index contributed by atoms with van der Waals surface area (Å²) in [4.78, 5) is 0. The van der Waals surface area contributed by atoms with Crippen molar-refractivity contribution in [2.45, 2.75) is 38.2 Å². The van der Waals surface area contributed by atoms with Gasteiger partial charge in [-0.15, -0.1) is 0 Å². The third kappa shape index (κ3) is 1.90. The zero-order valence-electron chi connectivity index (χ0n) is 5.98. The predicted octanol–water partition coefficient (Wildman–Crippen LogP) is 1.80. The van der Waals surface area contributed by atoms with Crippen molar-refractivity contribution in [3.8, 4) is 0 Å². The molecule has 60 valence electrons. The molecule has 0 aromatic rings. The van der Waals surface area contributed by atoms with Crippen molar-refractivity contribution in [3.05, 3.63) is 0 Å². The Morgan fingerprint density at radius 1 is 1.60 bits per heavy atom. The fraction of sp³-hybridized carbons (Fsp3) is 1.00. The Kier molecular flexibility index (Phi) is 1.95. The zero-order chi connectivity index (χ0) is 7.78. The number of aliphatic hydroxyl groups is 1. The molecule has 0 aromatic carbocycles. The lowest BCUT2D eigenvalue weighted by Crippen LogP contribution is -2.33. The summed E-state index contributed by atoms with van der Waals surface area (Å²) in [5, 5.41) is 9.05. The first-order valence-corrected chi connectivity index (χ1v) is 3.53. The lowest BCUT2D eigenvalue weighted by Gasteiger charge is -2.21. The van der Waals surface area contributed by atoms with E-state index in [0.717, 1.165) is 12.8 Å². The van der Waals surface area contributed by atoms with Crippen LogP contribution in [0.25, 0.3) is 0 Å². The summed E-state index contributed by atoms with van der Waals surface area (Å²) in [6.45, 7) is 1.20. The fourth-order valence-corrected chi connectivity index (χ4v) is 0.996. The Bertz CT molecular complexity index is 119. The van der Waals surface area contributed by atoms with E-state index in [1.165, 1.54) is 6.92 Å². The molecule has 1 unspecified atom stereocenters. The van der Waals surface area contributed by atoms with Crippen LogP contribution >= 0.6 is 0 Å². The van der Waals surface area contributed by atoms with Gasteiger partial charge in [0, 0.05) is 0 Å². The van der Waals surface area contributed by atoms with Gasteiger partial charge in [-0.2, -0.15) is 0 Å². The highest BCUT2D eigenvalue weighted by atomic mass is 19.3. The summed E-state index contributed by atoms with van der Waals surface area (Å²) < 4.78 is 23.9. The second-order valence-corrected chi connectivity index (χ2v) is 3.31. The van der Waals surface area contributed by atoms with Gasteiger partial charge in [-0.05, 0) is 19.3 Å². The summed E-state index contributed by atoms with van der Waals surface area (Å²) in [7, 11) is 0. The van der Waals surface area contributed by atoms with Crippen LogP contribution < -0.4 is 0 Å². The summed E-state index contributed by atoms with van der Waals surface area (Å²) in [5.74, 6) is 0.351. The Balaban J connectivity index is 2.33. The molecule has 0 aromatic heterocycles. The number of rotatable bonds is 3. The molecule has 1 rings (SSSR count). The van der Waals surface area contributed by atoms with Gasteiger partial charge in [0.2, 0.25) is 0 Å². The van der Waals surface area contributed by atoms with Crippen LogP contribution in [-0.2, 0) is 0 Å². The average Bonchev–Trinajstić information content (AvgIpc) is 2.48. The van der Waals surface area contributed by atoms with Gasteiger partial charge in [-0.3, -0.25) is 0 Å². The number of hydrogen-bond acceptors (Lipinski definition) is 1. The Labute approximate surface area is 59.0 Å². The topological polar surface area (TPSA) is 20.2 Å². The molecule has 3 heteroatoms. The van der Waals surface area contributed by atoms with Crippen LogP contribution in [0.15, 0.2) is 0 Å². The lowest BCUT2D eigenvalue weighted by molar-refractivity contribution is -0.0907. The van der Waals surface area contributed by atoms with Crippen molar-refractivity contribution in [2.24, 2.45) is 5.92 Å². The van der Waals surface area contributed by atoms with Gasteiger partial charge in [0.05, 0.1) is 0 Å². The van der Waals surface area contributed by atoms with E-state index in [4.69, 9.17) is 5.11 Å². The lowest BCUT2D eigenvalue weighted by atomic mass is 10.0. The SMILES string of the molecule is CC(O)(CC1CC1)C(F)F. The molecule has 0 saturated heterocycles. The normalized spacial score (nSPS) is 24.9. The average molecular weight is 150 g/mol. The maximum atomic E-state index is 12.0. The maximum Gasteiger partial charge on any atom is 0.266 e. The van der Waals surface area contributed by atoms with Crippen LogP contribution in [0.4, 0.5) is 8.78 Å². The van der Waals surface area contributed by atoms with Crippen LogP contribution in [0.1, 0.15) is 26.2 Å². The standard InChI is InChI=1S/C7H12F2O/c1-7(10,6(8)9)4-5-2-3-5/h5-6,10H,2-4H2,1H3. The van der Waals surface area contributed by atoms with Gasteiger partial charge >= 0.3 is 0 Å². The first kappa shape index (κ1) is 7.92. The van der Waals surface area contributed by atoms with Gasteiger partial charge < -0.3 is 5.11 Å². The van der Waals surface area contributed by atoms with Crippen LogP contribution in [0.2, 0.25) is 0 Å². The van der Waals surface area contributed by atoms with Crippen LogP contribution in [0.3, 0.4) is 0 Å². The third-order valence-electron chi connectivity index (χ3n) is 1.87. The molecule has 1 fully saturated rings. The van der Waals surface area contributed by atoms with E-state index in [2.05, 4.69) is 0 Å². The molecule has 1 N–H and O–H groups in total. The molecule has 1 nitrogen and oxygen atoms in total. The van der Waals surface area contributed by atoms with Gasteiger partial charge in [0.1, 0.15) is 5.60 Å². The summed E-state index contributed by atoms with van der Waals surface area (Å²) in [6, 6.07) is 0. The van der Waals surface area contributed by atoms with Crippen LogP contribution in [-0.4, -0.2) is 17.1 Å². The Hall–Kier alpha value is -0.180. The highest BCUT2D eigenvalue weighted by Crippen LogP contribution is 2.38. The fourth-order valence-electron chi connectivity index (χ4n) is 0.996. The summed E-state index contributed by atoms with van der Waals surface area (Å²) in [5.41, 5.74) is -1.75. The quantitative estimate of drug-likeness (QED) is 0.650. The first-order valence-electron chi connectivity index (χ1n) is 3.53. The highest BCUT2D eigenvalue weighted by Gasteiger charge is 2.38. The largest absolute Gasteiger partial charge is 0.384 e. The van der Waals surface area contributed by atoms with E-state index in [0.29, 0.717) is 5.92 Å². The first-order chi connectivity index (χ1) is 4.52. The molecule has 0 heterocycles. The molecular weight excluding hydrogens is 138 g/mol. The number of halogens is 2. The molecule has 0 aliphatic heterocycles. The van der Waals surface area contributed by atoms with Crippen LogP contribution in [0, 0.1) is 5.92 Å². The molecule has 0 amide bonds. The molecule has 1 saturated carbocycles. The third-order valence-corrected chi connectivity index (χ3v) is 1.87. The van der Waals surface area contributed by atoms with E-state index in [1.54, 1.807) is 0 Å². The second kappa shape index (κ2) is 2.46. The smallest absolute Gasteiger partial charge is 0.266 e. The van der Waals surface area contributed by atoms with Gasteiger partial charge in [-0.1, -0.05) is 12.8 Å². The molecular formula is C7H12F2O. The molecule has 0 radical (unpaired) electrons. The van der Waals surface area contributed by atoms with E-state index >= 15 is 0 Å². The number of alkyl halides is 2. The minimum atomic E-state index is -2.60. The summed E-state index contributed by atoms with van der Waals surface area (Å²) >= 11 is 0. The van der Waals surface area contributed by atoms with Crippen molar-refractivity contribution in [2.75, 3.05) is 0 Å². The molecule has 1 aliphatic carbocycles. The highest BCUT2D eigenvalue weighted by molar-refractivity contribution is 4.85. The van der Waals surface area contributed by atoms with Crippen molar-refractivity contribution in [3.63, 3.8) is 0 Å². The van der Waals surface area contributed by atoms with E-state index in [-0.39, 0.29) is 6.42 Å². The van der Waals surface area contributed by atoms with Crippen LogP contribution in [0.5, 0.6) is 0 Å². The molecule has 1 aliphatic rings. The van der Waals surface area contributed by atoms with Gasteiger partial charge in [-0.25, -0.2) is 8.78 Å². The second-order valence-electron chi connectivity index (χ2n) is 3.31. The minimum absolute atomic E-state index is 0.255. The summed E-state index contributed by atoms with van der Waals surface area (Å²) in [6.07, 6.45) is -0.343. The minimum Gasteiger partial charge on any atom is -0.384 e. The van der Waals surface area contributed by atoms with Crippen molar-refractivity contribution in [1.29, 1.82) is 0 Å². The van der Waals surface area contributed by atoms with E-state index < -0.39 is 12.0 Å². The zero-order valence-corrected chi connectivity index (χ0v) is 5.98. The predicted molar refractivity (Wildman–Crippen MR) is 34.0 cm³/mol. The van der Waals surface area contributed by atoms with Crippen molar-refractivity contribution in [1.82, 2.24) is 0 Å².